The Morgan fingerprint density at radius 1 is 1.05 bits per heavy atom. The number of fused-ring (bicyclic) bond motifs is 3. The maximum absolute atomic E-state index is 5.96. The number of anilines is 2. The summed E-state index contributed by atoms with van der Waals surface area (Å²) in [4.78, 5) is 6.66. The van der Waals surface area contributed by atoms with Gasteiger partial charge in [0.15, 0.2) is 0 Å². The van der Waals surface area contributed by atoms with Gasteiger partial charge in [0.1, 0.15) is 17.5 Å². The van der Waals surface area contributed by atoms with Gasteiger partial charge in [-0.3, -0.25) is 4.57 Å². The van der Waals surface area contributed by atoms with E-state index >= 15 is 0 Å². The van der Waals surface area contributed by atoms with E-state index in [-0.39, 0.29) is 0 Å². The van der Waals surface area contributed by atoms with Crippen LogP contribution in [-0.4, -0.2) is 26.3 Å². The third kappa shape index (κ3) is 2.05. The van der Waals surface area contributed by atoms with Gasteiger partial charge in [-0.05, 0) is 31.2 Å². The summed E-state index contributed by atoms with van der Waals surface area (Å²) in [5.74, 6) is 2.75. The van der Waals surface area contributed by atoms with Crippen LogP contribution in [0.2, 0.25) is 5.02 Å². The molecular formula is C16H14ClN5. The molecule has 0 atom stereocenters. The van der Waals surface area contributed by atoms with Crippen LogP contribution in [0.1, 0.15) is 11.6 Å². The molecule has 0 aliphatic carbocycles. The molecule has 2 aromatic heterocycles. The Hall–Kier alpha value is -2.40. The van der Waals surface area contributed by atoms with E-state index in [4.69, 9.17) is 11.6 Å². The van der Waals surface area contributed by atoms with Crippen LogP contribution in [0.25, 0.3) is 5.69 Å². The molecule has 6 heteroatoms. The van der Waals surface area contributed by atoms with Crippen molar-refractivity contribution in [2.24, 2.45) is 0 Å². The predicted molar refractivity (Wildman–Crippen MR) is 86.1 cm³/mol. The fourth-order valence-electron chi connectivity index (χ4n) is 2.86. The van der Waals surface area contributed by atoms with Crippen LogP contribution in [0.4, 0.5) is 11.5 Å². The monoisotopic (exact) mass is 311 g/mol. The zero-order chi connectivity index (χ0) is 15.1. The fourth-order valence-corrected chi connectivity index (χ4v) is 2.97. The van der Waals surface area contributed by atoms with E-state index in [1.807, 2.05) is 31.2 Å². The zero-order valence-electron chi connectivity index (χ0n) is 12.1. The summed E-state index contributed by atoms with van der Waals surface area (Å²) in [5.41, 5.74) is 2.17. The third-order valence-corrected chi connectivity index (χ3v) is 4.08. The van der Waals surface area contributed by atoms with E-state index in [1.54, 1.807) is 6.20 Å². The molecule has 110 valence electrons. The minimum atomic E-state index is 0.639. The van der Waals surface area contributed by atoms with Crippen molar-refractivity contribution in [3.8, 4) is 5.69 Å². The molecule has 22 heavy (non-hydrogen) atoms. The Kier molecular flexibility index (Phi) is 3.08. The summed E-state index contributed by atoms with van der Waals surface area (Å²) in [7, 11) is 0. The van der Waals surface area contributed by atoms with Crippen LogP contribution in [-0.2, 0) is 6.42 Å². The van der Waals surface area contributed by atoms with Crippen LogP contribution < -0.4 is 4.90 Å². The van der Waals surface area contributed by atoms with Gasteiger partial charge in [-0.1, -0.05) is 23.7 Å². The molecule has 5 nitrogen and oxygen atoms in total. The molecule has 3 heterocycles. The highest BCUT2D eigenvalue weighted by Crippen LogP contribution is 2.33. The van der Waals surface area contributed by atoms with E-state index in [1.165, 1.54) is 0 Å². The summed E-state index contributed by atoms with van der Waals surface area (Å²) in [5, 5.41) is 9.15. The molecule has 0 amide bonds. The lowest BCUT2D eigenvalue weighted by molar-refractivity contribution is 0.832. The molecule has 0 fully saturated rings. The first-order chi connectivity index (χ1) is 10.7. The van der Waals surface area contributed by atoms with Crippen LogP contribution in [0.15, 0.2) is 42.6 Å². The standard InChI is InChI=1S/C16H14ClN5/c1-11-19-20-16-8-9-21(15-7-6-12(17)10-18-15)13-4-2-3-5-14(13)22(11)16/h2-7,10H,8-9H2,1H3. The van der Waals surface area contributed by atoms with E-state index in [2.05, 4.69) is 36.8 Å². The predicted octanol–water partition coefficient (Wildman–Crippen LogP) is 3.32. The minimum Gasteiger partial charge on any atom is -0.324 e. The lowest BCUT2D eigenvalue weighted by Crippen LogP contribution is -2.20. The molecule has 0 bridgehead atoms. The molecular weight excluding hydrogens is 298 g/mol. The van der Waals surface area contributed by atoms with Gasteiger partial charge in [0.2, 0.25) is 0 Å². The number of aromatic nitrogens is 4. The Morgan fingerprint density at radius 2 is 1.86 bits per heavy atom. The molecule has 1 aromatic carbocycles. The topological polar surface area (TPSA) is 46.8 Å². The molecule has 0 N–H and O–H groups in total. The van der Waals surface area contributed by atoms with E-state index in [0.717, 1.165) is 41.8 Å². The average molecular weight is 312 g/mol. The lowest BCUT2D eigenvalue weighted by Gasteiger charge is -2.23. The van der Waals surface area contributed by atoms with E-state index in [9.17, 15) is 0 Å². The highest BCUT2D eigenvalue weighted by molar-refractivity contribution is 6.30. The van der Waals surface area contributed by atoms with E-state index < -0.39 is 0 Å². The summed E-state index contributed by atoms with van der Waals surface area (Å²) >= 11 is 5.96. The fraction of sp³-hybridized carbons (Fsp3) is 0.188. The van der Waals surface area contributed by atoms with Gasteiger partial charge in [-0.25, -0.2) is 4.98 Å². The van der Waals surface area contributed by atoms with Crippen LogP contribution in [0, 0.1) is 6.92 Å². The van der Waals surface area contributed by atoms with Gasteiger partial charge < -0.3 is 4.90 Å². The van der Waals surface area contributed by atoms with E-state index in [0.29, 0.717) is 5.02 Å². The Bertz CT molecular complexity index is 825. The zero-order valence-corrected chi connectivity index (χ0v) is 12.8. The number of para-hydroxylation sites is 2. The number of aryl methyl sites for hydroxylation is 1. The van der Waals surface area contributed by atoms with Gasteiger partial charge in [-0.15, -0.1) is 10.2 Å². The highest BCUT2D eigenvalue weighted by atomic mass is 35.5. The maximum atomic E-state index is 5.96. The Morgan fingerprint density at radius 3 is 2.64 bits per heavy atom. The number of halogens is 1. The minimum absolute atomic E-state index is 0.639. The van der Waals surface area contributed by atoms with Gasteiger partial charge in [0.05, 0.1) is 16.4 Å². The average Bonchev–Trinajstić information content (AvgIpc) is 2.82. The van der Waals surface area contributed by atoms with Crippen molar-refractivity contribution in [2.75, 3.05) is 11.4 Å². The van der Waals surface area contributed by atoms with Crippen molar-refractivity contribution in [2.45, 2.75) is 13.3 Å². The first kappa shape index (κ1) is 13.3. The second-order valence-electron chi connectivity index (χ2n) is 5.22. The lowest BCUT2D eigenvalue weighted by atomic mass is 10.2. The van der Waals surface area contributed by atoms with Gasteiger partial charge >= 0.3 is 0 Å². The Labute approximate surface area is 133 Å². The number of hydrogen-bond acceptors (Lipinski definition) is 4. The quantitative estimate of drug-likeness (QED) is 0.691. The van der Waals surface area contributed by atoms with Gasteiger partial charge in [0, 0.05) is 19.2 Å². The van der Waals surface area contributed by atoms with Crippen molar-refractivity contribution in [3.63, 3.8) is 0 Å². The molecule has 3 aromatic rings. The van der Waals surface area contributed by atoms with Gasteiger partial charge in [0.25, 0.3) is 0 Å². The number of benzene rings is 1. The molecule has 1 aliphatic heterocycles. The number of hydrogen-bond donors (Lipinski definition) is 0. The van der Waals surface area contributed by atoms with Crippen molar-refractivity contribution in [1.82, 2.24) is 19.7 Å². The SMILES string of the molecule is Cc1nnc2n1-c1ccccc1N(c1ccc(Cl)cn1)CC2. The second-order valence-corrected chi connectivity index (χ2v) is 5.66. The number of nitrogens with zero attached hydrogens (tertiary/aromatic N) is 5. The smallest absolute Gasteiger partial charge is 0.139 e. The molecule has 4 rings (SSSR count). The van der Waals surface area contributed by atoms with Crippen molar-refractivity contribution >= 4 is 23.1 Å². The molecule has 1 aliphatic rings. The summed E-state index contributed by atoms with van der Waals surface area (Å²) < 4.78 is 2.12. The molecule has 0 saturated carbocycles. The maximum Gasteiger partial charge on any atom is 0.139 e. The second kappa shape index (κ2) is 5.10. The molecule has 0 saturated heterocycles. The number of rotatable bonds is 1. The molecule has 0 unspecified atom stereocenters. The highest BCUT2D eigenvalue weighted by Gasteiger charge is 2.23. The third-order valence-electron chi connectivity index (χ3n) is 3.85. The summed E-state index contributed by atoms with van der Waals surface area (Å²) in [6.07, 6.45) is 2.48. The normalized spacial score (nSPS) is 13.5. The first-order valence-corrected chi connectivity index (χ1v) is 7.51. The van der Waals surface area contributed by atoms with Crippen molar-refractivity contribution < 1.29 is 0 Å². The van der Waals surface area contributed by atoms with Crippen LogP contribution in [0.5, 0.6) is 0 Å². The molecule has 0 radical (unpaired) electrons. The van der Waals surface area contributed by atoms with Crippen LogP contribution >= 0.6 is 11.6 Å². The largest absolute Gasteiger partial charge is 0.324 e. The number of pyridine rings is 1. The van der Waals surface area contributed by atoms with Crippen molar-refractivity contribution in [1.29, 1.82) is 0 Å². The van der Waals surface area contributed by atoms with Crippen LogP contribution in [0.3, 0.4) is 0 Å². The summed E-state index contributed by atoms with van der Waals surface area (Å²) in [6.45, 7) is 2.77. The Balaban J connectivity index is 1.90. The molecule has 0 spiro atoms. The summed E-state index contributed by atoms with van der Waals surface area (Å²) in [6, 6.07) is 12.1. The van der Waals surface area contributed by atoms with Crippen molar-refractivity contribution in [3.05, 3.63) is 59.3 Å². The van der Waals surface area contributed by atoms with Gasteiger partial charge in [-0.2, -0.15) is 0 Å². The first-order valence-electron chi connectivity index (χ1n) is 7.13.